The van der Waals surface area contributed by atoms with Gasteiger partial charge in [-0.05, 0) is 37.5 Å². The highest BCUT2D eigenvalue weighted by Crippen LogP contribution is 2.23. The highest BCUT2D eigenvalue weighted by molar-refractivity contribution is 5.97. The Morgan fingerprint density at radius 1 is 1.59 bits per heavy atom. The highest BCUT2D eigenvalue weighted by Gasteiger charge is 2.29. The summed E-state index contributed by atoms with van der Waals surface area (Å²) >= 11 is 0. The minimum Gasteiger partial charge on any atom is -0.398 e. The molecule has 0 unspecified atom stereocenters. The molecule has 1 aliphatic heterocycles. The van der Waals surface area contributed by atoms with Crippen LogP contribution in [0.25, 0.3) is 0 Å². The number of amides is 1. The van der Waals surface area contributed by atoms with Crippen molar-refractivity contribution in [1.82, 2.24) is 4.90 Å². The van der Waals surface area contributed by atoms with Gasteiger partial charge in [0.1, 0.15) is 0 Å². The van der Waals surface area contributed by atoms with Crippen molar-refractivity contribution < 1.29 is 9.90 Å². The van der Waals surface area contributed by atoms with Gasteiger partial charge in [0, 0.05) is 17.8 Å². The van der Waals surface area contributed by atoms with E-state index in [0.29, 0.717) is 11.3 Å². The minimum atomic E-state index is -0.0386. The minimum absolute atomic E-state index is 0.0219. The topological polar surface area (TPSA) is 66.6 Å². The molecule has 4 heteroatoms. The van der Waals surface area contributed by atoms with E-state index in [9.17, 15) is 9.90 Å². The molecule has 1 saturated heterocycles. The van der Waals surface area contributed by atoms with Crippen molar-refractivity contribution in [2.24, 2.45) is 0 Å². The van der Waals surface area contributed by atoms with Crippen LogP contribution in [0.2, 0.25) is 0 Å². The monoisotopic (exact) mass is 234 g/mol. The molecular weight excluding hydrogens is 216 g/mol. The summed E-state index contributed by atoms with van der Waals surface area (Å²) in [5, 5.41) is 9.24. The first-order chi connectivity index (χ1) is 8.15. The molecule has 0 bridgehead atoms. The Bertz CT molecular complexity index is 431. The van der Waals surface area contributed by atoms with Crippen LogP contribution in [0, 0.1) is 6.92 Å². The summed E-state index contributed by atoms with van der Waals surface area (Å²) in [4.78, 5) is 14.1. The van der Waals surface area contributed by atoms with Gasteiger partial charge in [0.15, 0.2) is 0 Å². The summed E-state index contributed by atoms with van der Waals surface area (Å²) in [6, 6.07) is 5.34. The normalized spacial score (nSPS) is 19.6. The van der Waals surface area contributed by atoms with E-state index in [-0.39, 0.29) is 18.6 Å². The van der Waals surface area contributed by atoms with Crippen LogP contribution in [-0.2, 0) is 0 Å². The van der Waals surface area contributed by atoms with Crippen LogP contribution in [0.15, 0.2) is 18.2 Å². The van der Waals surface area contributed by atoms with Crippen LogP contribution in [0.3, 0.4) is 0 Å². The number of nitrogens with two attached hydrogens (primary N) is 1. The van der Waals surface area contributed by atoms with Crippen LogP contribution in [0.4, 0.5) is 5.69 Å². The van der Waals surface area contributed by atoms with Gasteiger partial charge in [0.2, 0.25) is 0 Å². The van der Waals surface area contributed by atoms with Gasteiger partial charge >= 0.3 is 0 Å². The summed E-state index contributed by atoms with van der Waals surface area (Å²) in [5.74, 6) is -0.0219. The van der Waals surface area contributed by atoms with Gasteiger partial charge in [-0.25, -0.2) is 0 Å². The molecule has 0 spiro atoms. The third-order valence-electron chi connectivity index (χ3n) is 3.45. The first-order valence-electron chi connectivity index (χ1n) is 5.92. The lowest BCUT2D eigenvalue weighted by Crippen LogP contribution is -2.38. The number of nitrogen functional groups attached to an aromatic ring is 1. The van der Waals surface area contributed by atoms with Crippen molar-refractivity contribution >= 4 is 11.6 Å². The summed E-state index contributed by atoms with van der Waals surface area (Å²) in [6.45, 7) is 2.61. The summed E-state index contributed by atoms with van der Waals surface area (Å²) < 4.78 is 0. The molecule has 3 N–H and O–H groups in total. The Morgan fingerprint density at radius 3 is 3.06 bits per heavy atom. The Hall–Kier alpha value is -1.55. The molecule has 0 radical (unpaired) electrons. The van der Waals surface area contributed by atoms with Crippen LogP contribution < -0.4 is 5.73 Å². The van der Waals surface area contributed by atoms with Crippen molar-refractivity contribution in [3.8, 4) is 0 Å². The fraction of sp³-hybridized carbons (Fsp3) is 0.462. The Morgan fingerprint density at radius 2 is 2.35 bits per heavy atom. The van der Waals surface area contributed by atoms with Gasteiger partial charge in [-0.15, -0.1) is 0 Å². The van der Waals surface area contributed by atoms with Gasteiger partial charge in [-0.1, -0.05) is 6.07 Å². The van der Waals surface area contributed by atoms with E-state index in [1.807, 2.05) is 6.92 Å². The molecule has 1 amide bonds. The molecule has 4 nitrogen and oxygen atoms in total. The number of hydrogen-bond acceptors (Lipinski definition) is 3. The molecule has 17 heavy (non-hydrogen) atoms. The van der Waals surface area contributed by atoms with Crippen LogP contribution in [0.1, 0.15) is 28.8 Å². The second-order valence-corrected chi connectivity index (χ2v) is 4.50. The number of carbonyl (C=O) groups excluding carboxylic acids is 1. The molecular formula is C13H18N2O2. The molecule has 1 atom stereocenters. The van der Waals surface area contributed by atoms with Crippen molar-refractivity contribution in [2.75, 3.05) is 18.9 Å². The number of carbonyl (C=O) groups is 1. The third-order valence-corrected chi connectivity index (χ3v) is 3.45. The third kappa shape index (κ3) is 2.13. The van der Waals surface area contributed by atoms with E-state index in [0.717, 1.165) is 24.9 Å². The number of rotatable bonds is 2. The average molecular weight is 234 g/mol. The largest absolute Gasteiger partial charge is 0.398 e. The van der Waals surface area contributed by atoms with Gasteiger partial charge < -0.3 is 15.7 Å². The smallest absolute Gasteiger partial charge is 0.254 e. The number of hydrogen-bond donors (Lipinski definition) is 2. The van der Waals surface area contributed by atoms with Crippen molar-refractivity contribution in [1.29, 1.82) is 0 Å². The molecule has 0 aliphatic carbocycles. The molecule has 1 aromatic rings. The SMILES string of the molecule is Cc1c(N)cccc1C(=O)N1CCC[C@H]1CO. The first-order valence-corrected chi connectivity index (χ1v) is 5.92. The number of aliphatic hydroxyl groups excluding tert-OH is 1. The number of nitrogens with zero attached hydrogens (tertiary/aromatic N) is 1. The Labute approximate surface area is 101 Å². The summed E-state index contributed by atoms with van der Waals surface area (Å²) in [7, 11) is 0. The molecule has 1 aliphatic rings. The Kier molecular flexibility index (Phi) is 3.33. The number of aliphatic hydroxyl groups is 1. The summed E-state index contributed by atoms with van der Waals surface area (Å²) in [5.41, 5.74) is 7.90. The maximum atomic E-state index is 12.3. The lowest BCUT2D eigenvalue weighted by atomic mass is 10.1. The van der Waals surface area contributed by atoms with Crippen LogP contribution in [-0.4, -0.2) is 35.1 Å². The molecule has 2 rings (SSSR count). The second-order valence-electron chi connectivity index (χ2n) is 4.50. The average Bonchev–Trinajstić information content (AvgIpc) is 2.80. The highest BCUT2D eigenvalue weighted by atomic mass is 16.3. The zero-order valence-corrected chi connectivity index (χ0v) is 10.0. The fourth-order valence-corrected chi connectivity index (χ4v) is 2.33. The summed E-state index contributed by atoms with van der Waals surface area (Å²) in [6.07, 6.45) is 1.84. The first kappa shape index (κ1) is 11.9. The molecule has 0 aromatic heterocycles. The van der Waals surface area contributed by atoms with E-state index in [1.165, 1.54) is 0 Å². The number of benzene rings is 1. The maximum Gasteiger partial charge on any atom is 0.254 e. The fourth-order valence-electron chi connectivity index (χ4n) is 2.33. The van der Waals surface area contributed by atoms with Crippen molar-refractivity contribution in [3.63, 3.8) is 0 Å². The zero-order valence-electron chi connectivity index (χ0n) is 10.0. The van der Waals surface area contributed by atoms with E-state index in [1.54, 1.807) is 23.1 Å². The quantitative estimate of drug-likeness (QED) is 0.755. The van der Waals surface area contributed by atoms with E-state index >= 15 is 0 Å². The van der Waals surface area contributed by atoms with E-state index in [4.69, 9.17) is 5.73 Å². The predicted molar refractivity (Wildman–Crippen MR) is 66.7 cm³/mol. The van der Waals surface area contributed by atoms with E-state index in [2.05, 4.69) is 0 Å². The van der Waals surface area contributed by atoms with Crippen molar-refractivity contribution in [2.45, 2.75) is 25.8 Å². The van der Waals surface area contributed by atoms with Gasteiger partial charge in [-0.3, -0.25) is 4.79 Å². The molecule has 1 fully saturated rings. The standard InChI is InChI=1S/C13H18N2O2/c1-9-11(5-2-6-12(9)14)13(17)15-7-3-4-10(15)8-16/h2,5-6,10,16H,3-4,7-8,14H2,1H3/t10-/m0/s1. The Balaban J connectivity index is 2.28. The van der Waals surface area contributed by atoms with Crippen LogP contribution in [0.5, 0.6) is 0 Å². The van der Waals surface area contributed by atoms with E-state index < -0.39 is 0 Å². The van der Waals surface area contributed by atoms with Crippen molar-refractivity contribution in [3.05, 3.63) is 29.3 Å². The van der Waals surface area contributed by atoms with Gasteiger partial charge in [-0.2, -0.15) is 0 Å². The zero-order chi connectivity index (χ0) is 12.4. The number of likely N-dealkylation sites (tertiary alicyclic amines) is 1. The molecule has 92 valence electrons. The number of anilines is 1. The molecule has 1 aromatic carbocycles. The van der Waals surface area contributed by atoms with Gasteiger partial charge in [0.25, 0.3) is 5.91 Å². The van der Waals surface area contributed by atoms with Crippen LogP contribution >= 0.6 is 0 Å². The predicted octanol–water partition coefficient (Wildman–Crippen LogP) is 1.17. The lowest BCUT2D eigenvalue weighted by Gasteiger charge is -2.24. The maximum absolute atomic E-state index is 12.3. The second kappa shape index (κ2) is 4.75. The lowest BCUT2D eigenvalue weighted by molar-refractivity contribution is 0.0677. The molecule has 1 heterocycles. The molecule has 0 saturated carbocycles. The van der Waals surface area contributed by atoms with Gasteiger partial charge in [0.05, 0.1) is 12.6 Å².